The normalized spacial score (nSPS) is 19.6. The summed E-state index contributed by atoms with van der Waals surface area (Å²) in [4.78, 5) is 6.60. The first-order chi connectivity index (χ1) is 11.3. The van der Waals surface area contributed by atoms with Crippen LogP contribution in [0.2, 0.25) is 0 Å². The molecule has 0 N–H and O–H groups in total. The Bertz CT molecular complexity index is 781. The van der Waals surface area contributed by atoms with Crippen LogP contribution in [0, 0.1) is 9.39 Å². The van der Waals surface area contributed by atoms with Gasteiger partial charge in [-0.05, 0) is 90.7 Å². The van der Waals surface area contributed by atoms with E-state index in [9.17, 15) is 4.39 Å². The molecule has 3 rings (SSSR count). The first kappa shape index (κ1) is 17.4. The third-order valence-corrected chi connectivity index (χ3v) is 5.65. The zero-order chi connectivity index (χ0) is 17.5. The van der Waals surface area contributed by atoms with E-state index in [0.717, 1.165) is 21.4 Å². The second-order valence-electron chi connectivity index (χ2n) is 7.14. The number of fused-ring (bicyclic) bond motifs is 1. The summed E-state index contributed by atoms with van der Waals surface area (Å²) >= 11 is 2.26. The average Bonchev–Trinajstić information content (AvgIpc) is 2.52. The molecule has 1 aliphatic heterocycles. The number of benzene rings is 2. The van der Waals surface area contributed by atoms with Gasteiger partial charge in [-0.25, -0.2) is 4.39 Å². The third kappa shape index (κ3) is 3.34. The quantitative estimate of drug-likeness (QED) is 0.423. The molecule has 0 radical (unpaired) electrons. The standard InChI is InChI=1S/C20H22FIN2/c1-13-11-20(2,3)24(4)19-10-18(21)14(9-17(13)19)12-23-16-7-5-15(22)6-8-16/h5-10,12-13H,11H2,1-4H3. The third-order valence-electron chi connectivity index (χ3n) is 4.93. The molecule has 0 spiro atoms. The summed E-state index contributed by atoms with van der Waals surface area (Å²) in [5.41, 5.74) is 3.60. The highest BCUT2D eigenvalue weighted by molar-refractivity contribution is 14.1. The van der Waals surface area contributed by atoms with Gasteiger partial charge in [-0.15, -0.1) is 0 Å². The topological polar surface area (TPSA) is 15.6 Å². The van der Waals surface area contributed by atoms with E-state index in [2.05, 4.69) is 53.3 Å². The van der Waals surface area contributed by atoms with Crippen molar-refractivity contribution in [3.05, 3.63) is 56.9 Å². The summed E-state index contributed by atoms with van der Waals surface area (Å²) in [6.45, 7) is 6.62. The Hall–Kier alpha value is -1.43. The van der Waals surface area contributed by atoms with Crippen LogP contribution in [-0.4, -0.2) is 18.8 Å². The lowest BCUT2D eigenvalue weighted by molar-refractivity contribution is 0.394. The van der Waals surface area contributed by atoms with E-state index in [4.69, 9.17) is 0 Å². The van der Waals surface area contributed by atoms with Gasteiger partial charge < -0.3 is 4.90 Å². The van der Waals surface area contributed by atoms with E-state index in [1.165, 1.54) is 5.56 Å². The van der Waals surface area contributed by atoms with Crippen molar-refractivity contribution in [1.29, 1.82) is 0 Å². The van der Waals surface area contributed by atoms with Gasteiger partial charge in [-0.2, -0.15) is 0 Å². The van der Waals surface area contributed by atoms with Crippen LogP contribution in [-0.2, 0) is 0 Å². The Morgan fingerprint density at radius 1 is 1.25 bits per heavy atom. The van der Waals surface area contributed by atoms with Crippen molar-refractivity contribution in [2.75, 3.05) is 11.9 Å². The van der Waals surface area contributed by atoms with E-state index in [1.807, 2.05) is 37.4 Å². The van der Waals surface area contributed by atoms with E-state index >= 15 is 0 Å². The van der Waals surface area contributed by atoms with Gasteiger partial charge in [0.15, 0.2) is 0 Å². The molecule has 1 aliphatic rings. The van der Waals surface area contributed by atoms with Crippen LogP contribution in [0.15, 0.2) is 41.4 Å². The fourth-order valence-corrected chi connectivity index (χ4v) is 3.73. The zero-order valence-electron chi connectivity index (χ0n) is 14.5. The Morgan fingerprint density at radius 3 is 2.58 bits per heavy atom. The number of hydrogen-bond acceptors (Lipinski definition) is 2. The molecule has 0 amide bonds. The highest BCUT2D eigenvalue weighted by Crippen LogP contribution is 2.43. The van der Waals surface area contributed by atoms with E-state index in [-0.39, 0.29) is 11.4 Å². The maximum atomic E-state index is 14.6. The second kappa shape index (κ2) is 6.47. The maximum absolute atomic E-state index is 14.6. The summed E-state index contributed by atoms with van der Waals surface area (Å²) in [7, 11) is 2.05. The smallest absolute Gasteiger partial charge is 0.134 e. The SMILES string of the molecule is CC1CC(C)(C)N(C)c2cc(F)c(C=Nc3ccc(I)cc3)cc21. The molecule has 24 heavy (non-hydrogen) atoms. The monoisotopic (exact) mass is 436 g/mol. The lowest BCUT2D eigenvalue weighted by Gasteiger charge is -2.45. The largest absolute Gasteiger partial charge is 0.369 e. The highest BCUT2D eigenvalue weighted by Gasteiger charge is 2.34. The molecule has 1 unspecified atom stereocenters. The highest BCUT2D eigenvalue weighted by atomic mass is 127. The maximum Gasteiger partial charge on any atom is 0.134 e. The zero-order valence-corrected chi connectivity index (χ0v) is 16.6. The van der Waals surface area contributed by atoms with Crippen LogP contribution in [0.25, 0.3) is 0 Å². The molecule has 2 aromatic rings. The van der Waals surface area contributed by atoms with Crippen LogP contribution >= 0.6 is 22.6 Å². The molecule has 2 nitrogen and oxygen atoms in total. The minimum atomic E-state index is -0.222. The van der Waals surface area contributed by atoms with Crippen molar-refractivity contribution in [3.63, 3.8) is 0 Å². The molecule has 126 valence electrons. The fraction of sp³-hybridized carbons (Fsp3) is 0.350. The number of rotatable bonds is 2. The molecule has 0 saturated heterocycles. The molecule has 0 aliphatic carbocycles. The number of nitrogens with zero attached hydrogens (tertiary/aromatic N) is 2. The van der Waals surface area contributed by atoms with Gasteiger partial charge in [0.25, 0.3) is 0 Å². The summed E-state index contributed by atoms with van der Waals surface area (Å²) in [5, 5.41) is 0. The van der Waals surface area contributed by atoms with Crippen molar-refractivity contribution in [1.82, 2.24) is 0 Å². The first-order valence-corrected chi connectivity index (χ1v) is 9.23. The van der Waals surface area contributed by atoms with E-state index in [0.29, 0.717) is 11.5 Å². The van der Waals surface area contributed by atoms with Gasteiger partial charge in [0.1, 0.15) is 5.82 Å². The van der Waals surface area contributed by atoms with Crippen LogP contribution < -0.4 is 4.90 Å². The van der Waals surface area contributed by atoms with Crippen molar-refractivity contribution in [2.45, 2.75) is 38.6 Å². The summed E-state index contributed by atoms with van der Waals surface area (Å²) < 4.78 is 15.7. The molecule has 2 aromatic carbocycles. The molecule has 1 atom stereocenters. The molecule has 0 fully saturated rings. The minimum Gasteiger partial charge on any atom is -0.369 e. The molecular formula is C20H22FIN2. The molecule has 4 heteroatoms. The minimum absolute atomic E-state index is 0.0373. The van der Waals surface area contributed by atoms with Gasteiger partial charge in [0.2, 0.25) is 0 Å². The van der Waals surface area contributed by atoms with E-state index in [1.54, 1.807) is 12.3 Å². The summed E-state index contributed by atoms with van der Waals surface area (Å²) in [5.74, 6) is 0.178. The average molecular weight is 436 g/mol. The van der Waals surface area contributed by atoms with Crippen LogP contribution in [0.4, 0.5) is 15.8 Å². The predicted octanol–water partition coefficient (Wildman–Crippen LogP) is 5.90. The molecule has 0 saturated carbocycles. The summed E-state index contributed by atoms with van der Waals surface area (Å²) in [6.07, 6.45) is 2.68. The van der Waals surface area contributed by atoms with Gasteiger partial charge in [0, 0.05) is 33.6 Å². The second-order valence-corrected chi connectivity index (χ2v) is 8.39. The predicted molar refractivity (Wildman–Crippen MR) is 108 cm³/mol. The van der Waals surface area contributed by atoms with Gasteiger partial charge in [-0.1, -0.05) is 6.92 Å². The van der Waals surface area contributed by atoms with Gasteiger partial charge in [-0.3, -0.25) is 4.99 Å². The van der Waals surface area contributed by atoms with Crippen molar-refractivity contribution < 1.29 is 4.39 Å². The number of hydrogen-bond donors (Lipinski definition) is 0. The van der Waals surface area contributed by atoms with Gasteiger partial charge >= 0.3 is 0 Å². The summed E-state index contributed by atoms with van der Waals surface area (Å²) in [6, 6.07) is 11.5. The Morgan fingerprint density at radius 2 is 1.92 bits per heavy atom. The van der Waals surface area contributed by atoms with Crippen molar-refractivity contribution >= 4 is 40.2 Å². The van der Waals surface area contributed by atoms with E-state index < -0.39 is 0 Å². The molecule has 0 aromatic heterocycles. The molecular weight excluding hydrogens is 414 g/mol. The number of anilines is 1. The Labute approximate surface area is 156 Å². The molecule has 0 bridgehead atoms. The molecule has 1 heterocycles. The van der Waals surface area contributed by atoms with Crippen LogP contribution in [0.5, 0.6) is 0 Å². The lowest BCUT2D eigenvalue weighted by Crippen LogP contribution is -2.45. The number of halogens is 2. The van der Waals surface area contributed by atoms with Gasteiger partial charge in [0.05, 0.1) is 5.69 Å². The van der Waals surface area contributed by atoms with Crippen LogP contribution in [0.1, 0.15) is 44.2 Å². The van der Waals surface area contributed by atoms with Crippen molar-refractivity contribution in [2.24, 2.45) is 4.99 Å². The number of aliphatic imine (C=N–C) groups is 1. The van der Waals surface area contributed by atoms with Crippen LogP contribution in [0.3, 0.4) is 0 Å². The lowest BCUT2D eigenvalue weighted by atomic mass is 9.80. The Kier molecular flexibility index (Phi) is 4.69. The van der Waals surface area contributed by atoms with Crippen molar-refractivity contribution in [3.8, 4) is 0 Å². The first-order valence-electron chi connectivity index (χ1n) is 8.15. The fourth-order valence-electron chi connectivity index (χ4n) is 3.37. The Balaban J connectivity index is 1.97.